The molecule has 0 unspecified atom stereocenters. The molecule has 4 aliphatic rings. The van der Waals surface area contributed by atoms with E-state index in [1.165, 1.54) is 6.92 Å². The monoisotopic (exact) mass is 394 g/mol. The Balaban J connectivity index is 1.62. The van der Waals surface area contributed by atoms with E-state index in [-0.39, 0.29) is 36.9 Å². The van der Waals surface area contributed by atoms with Gasteiger partial charge >= 0.3 is 5.97 Å². The van der Waals surface area contributed by atoms with Crippen molar-refractivity contribution in [2.45, 2.75) is 70.6 Å². The summed E-state index contributed by atoms with van der Waals surface area (Å²) in [4.78, 5) is 35.5. The number of fused-ring (bicyclic) bond motifs is 5. The number of ether oxygens (including phenoxy) is 1. The summed E-state index contributed by atoms with van der Waals surface area (Å²) in [5, 5.41) is 0. The predicted octanol–water partition coefficient (Wildman–Crippen LogP) is 3.92. The van der Waals surface area contributed by atoms with Crippen LogP contribution in [0.1, 0.15) is 58.8 Å². The molecule has 154 valence electrons. The minimum absolute atomic E-state index is 0.0128. The molecule has 4 nitrogen and oxygen atoms in total. The Morgan fingerprint density at radius 2 is 1.93 bits per heavy atom. The van der Waals surface area contributed by atoms with Crippen LogP contribution in [-0.2, 0) is 19.1 Å². The minimum atomic E-state index is -1.94. The average molecular weight is 394 g/mol. The van der Waals surface area contributed by atoms with Gasteiger partial charge in [0.1, 0.15) is 12.8 Å². The van der Waals surface area contributed by atoms with E-state index in [0.29, 0.717) is 32.1 Å². The fraction of sp³-hybridized carbons (Fsp3) is 0.773. The normalized spacial score (nSPS) is 44.8. The zero-order valence-electron chi connectivity index (χ0n) is 16.5. The third-order valence-electron chi connectivity index (χ3n) is 8.12. The van der Waals surface area contributed by atoms with Crippen LogP contribution >= 0.6 is 0 Å². The predicted molar refractivity (Wildman–Crippen MR) is 97.9 cm³/mol. The van der Waals surface area contributed by atoms with Crippen LogP contribution in [0.15, 0.2) is 11.6 Å². The maximum absolute atomic E-state index is 16.4. The Morgan fingerprint density at radius 3 is 2.64 bits per heavy atom. The van der Waals surface area contributed by atoms with Crippen molar-refractivity contribution in [2.24, 2.45) is 29.1 Å². The number of alkyl halides is 2. The van der Waals surface area contributed by atoms with Crippen LogP contribution in [0.5, 0.6) is 0 Å². The zero-order valence-corrected chi connectivity index (χ0v) is 16.5. The highest BCUT2D eigenvalue weighted by Crippen LogP contribution is 2.66. The molecule has 0 aliphatic heterocycles. The molecular formula is C22H28F2O4. The van der Waals surface area contributed by atoms with E-state index in [4.69, 9.17) is 4.74 Å². The second-order valence-corrected chi connectivity index (χ2v) is 9.41. The van der Waals surface area contributed by atoms with Gasteiger partial charge in [0.05, 0.1) is 0 Å². The van der Waals surface area contributed by atoms with Crippen molar-refractivity contribution in [1.29, 1.82) is 0 Å². The third kappa shape index (κ3) is 2.78. The van der Waals surface area contributed by atoms with Crippen LogP contribution in [0.2, 0.25) is 0 Å². The maximum Gasteiger partial charge on any atom is 0.303 e. The summed E-state index contributed by atoms with van der Waals surface area (Å²) in [7, 11) is 0. The maximum atomic E-state index is 16.4. The topological polar surface area (TPSA) is 60.4 Å². The highest BCUT2D eigenvalue weighted by atomic mass is 19.2. The Kier molecular flexibility index (Phi) is 4.74. The van der Waals surface area contributed by atoms with Gasteiger partial charge in [0.15, 0.2) is 17.2 Å². The molecule has 4 aliphatic carbocycles. The van der Waals surface area contributed by atoms with Gasteiger partial charge in [-0.1, -0.05) is 12.5 Å². The molecule has 0 bridgehead atoms. The summed E-state index contributed by atoms with van der Waals surface area (Å²) in [6.45, 7) is 2.88. The van der Waals surface area contributed by atoms with Crippen molar-refractivity contribution in [3.63, 3.8) is 0 Å². The molecular weight excluding hydrogens is 366 g/mol. The van der Waals surface area contributed by atoms with Crippen molar-refractivity contribution in [3.05, 3.63) is 11.6 Å². The van der Waals surface area contributed by atoms with E-state index in [9.17, 15) is 14.4 Å². The molecule has 0 radical (unpaired) electrons. The summed E-state index contributed by atoms with van der Waals surface area (Å²) < 4.78 is 36.8. The summed E-state index contributed by atoms with van der Waals surface area (Å²) in [6.07, 6.45) is 3.03. The molecule has 0 aromatic heterocycles. The summed E-state index contributed by atoms with van der Waals surface area (Å²) in [5.41, 5.74) is -1.77. The third-order valence-corrected chi connectivity index (χ3v) is 8.12. The van der Waals surface area contributed by atoms with Crippen LogP contribution in [0.25, 0.3) is 0 Å². The first-order valence-electron chi connectivity index (χ1n) is 10.4. The highest BCUT2D eigenvalue weighted by molar-refractivity contribution is 5.91. The molecule has 3 saturated carbocycles. The molecule has 28 heavy (non-hydrogen) atoms. The number of carbonyl (C=O) groups excluding carboxylic acids is 3. The number of ketones is 2. The Hall–Kier alpha value is -1.59. The molecule has 4 rings (SSSR count). The lowest BCUT2D eigenvalue weighted by Crippen LogP contribution is -2.62. The molecule has 7 atom stereocenters. The summed E-state index contributed by atoms with van der Waals surface area (Å²) >= 11 is 0. The fourth-order valence-electron chi connectivity index (χ4n) is 6.93. The summed E-state index contributed by atoms with van der Waals surface area (Å²) in [6, 6.07) is 0. The molecule has 0 aromatic carbocycles. The lowest BCUT2D eigenvalue weighted by molar-refractivity contribution is -0.165. The highest BCUT2D eigenvalue weighted by Gasteiger charge is 2.68. The first-order chi connectivity index (χ1) is 13.2. The van der Waals surface area contributed by atoms with Crippen LogP contribution in [-0.4, -0.2) is 36.0 Å². The second kappa shape index (κ2) is 6.74. The number of carbonyl (C=O) groups is 3. The second-order valence-electron chi connectivity index (χ2n) is 9.41. The van der Waals surface area contributed by atoms with E-state index in [2.05, 4.69) is 0 Å². The smallest absolute Gasteiger partial charge is 0.303 e. The van der Waals surface area contributed by atoms with Gasteiger partial charge in [-0.3, -0.25) is 14.4 Å². The van der Waals surface area contributed by atoms with Gasteiger partial charge in [-0.05, 0) is 55.9 Å². The van der Waals surface area contributed by atoms with Crippen molar-refractivity contribution in [1.82, 2.24) is 0 Å². The van der Waals surface area contributed by atoms with Gasteiger partial charge in [-0.2, -0.15) is 0 Å². The zero-order chi connectivity index (χ0) is 20.3. The number of hydrogen-bond acceptors (Lipinski definition) is 4. The number of Topliss-reactive ketones (excluding diaryl/α,β-unsaturated/α-hetero) is 1. The molecule has 0 heterocycles. The van der Waals surface area contributed by atoms with Crippen LogP contribution in [0.4, 0.5) is 8.78 Å². The molecule has 0 amide bonds. The molecule has 0 saturated heterocycles. The molecule has 0 N–H and O–H groups in total. The van der Waals surface area contributed by atoms with E-state index in [1.807, 2.05) is 6.92 Å². The molecule has 6 heteroatoms. The average Bonchev–Trinajstić information content (AvgIpc) is 2.96. The number of halogens is 2. The first kappa shape index (κ1) is 19.7. The SMILES string of the molecule is CC(=O)OCC(=O)[C@H]1CC[C@H]2[C@@H]3CCC4=CC(=O)CC[C@@H]4[C@@]3(F)[C@H](F)C[C@]12C. The van der Waals surface area contributed by atoms with Gasteiger partial charge in [-0.25, -0.2) is 8.78 Å². The van der Waals surface area contributed by atoms with E-state index in [0.717, 1.165) is 5.57 Å². The van der Waals surface area contributed by atoms with Gasteiger partial charge < -0.3 is 4.74 Å². The van der Waals surface area contributed by atoms with Crippen molar-refractivity contribution in [3.8, 4) is 0 Å². The van der Waals surface area contributed by atoms with Crippen LogP contribution < -0.4 is 0 Å². The van der Waals surface area contributed by atoms with Gasteiger partial charge in [0.25, 0.3) is 0 Å². The minimum Gasteiger partial charge on any atom is -0.458 e. The number of hydrogen-bond donors (Lipinski definition) is 0. The number of rotatable bonds is 3. The molecule has 3 fully saturated rings. The lowest BCUT2D eigenvalue weighted by atomic mass is 9.49. The van der Waals surface area contributed by atoms with Crippen LogP contribution in [0, 0.1) is 29.1 Å². The fourth-order valence-corrected chi connectivity index (χ4v) is 6.93. The molecule has 0 aromatic rings. The standard InChI is InChI=1S/C22H28F2O4/c1-12(25)28-11-19(27)18-8-7-16-17-5-3-13-9-14(26)4-6-15(13)22(17,24)20(23)10-21(16,18)2/h9,15-18,20H,3-8,10-11H2,1-2H3/t15-,16-,17-,18+,20+,21-,22-/m0/s1. The van der Waals surface area contributed by atoms with Crippen molar-refractivity contribution < 1.29 is 27.9 Å². The van der Waals surface area contributed by atoms with Crippen LogP contribution in [0.3, 0.4) is 0 Å². The van der Waals surface area contributed by atoms with Crippen molar-refractivity contribution >= 4 is 17.5 Å². The molecule has 0 spiro atoms. The van der Waals surface area contributed by atoms with Gasteiger partial charge in [0.2, 0.25) is 0 Å². The lowest BCUT2D eigenvalue weighted by Gasteiger charge is -2.58. The Labute approximate surface area is 164 Å². The Morgan fingerprint density at radius 1 is 1.18 bits per heavy atom. The quantitative estimate of drug-likeness (QED) is 0.681. The number of esters is 1. The summed E-state index contributed by atoms with van der Waals surface area (Å²) in [5.74, 6) is -2.08. The van der Waals surface area contributed by atoms with Crippen molar-refractivity contribution in [2.75, 3.05) is 6.61 Å². The van der Waals surface area contributed by atoms with E-state index < -0.39 is 41.0 Å². The number of allylic oxidation sites excluding steroid dienone is 1. The van der Waals surface area contributed by atoms with Gasteiger partial charge in [-0.15, -0.1) is 0 Å². The van der Waals surface area contributed by atoms with Gasteiger partial charge in [0, 0.05) is 31.1 Å². The van der Waals surface area contributed by atoms with E-state index in [1.54, 1.807) is 6.08 Å². The largest absolute Gasteiger partial charge is 0.458 e. The Bertz CT molecular complexity index is 747. The first-order valence-corrected chi connectivity index (χ1v) is 10.4. The van der Waals surface area contributed by atoms with E-state index >= 15 is 8.78 Å².